The van der Waals surface area contributed by atoms with E-state index in [2.05, 4.69) is 34.3 Å². The number of hydrogen-bond donors (Lipinski definition) is 1. The predicted octanol–water partition coefficient (Wildman–Crippen LogP) is 0.872. The van der Waals surface area contributed by atoms with Crippen molar-refractivity contribution in [3.63, 3.8) is 0 Å². The molecule has 7 nitrogen and oxygen atoms in total. The summed E-state index contributed by atoms with van der Waals surface area (Å²) in [5, 5.41) is 2.97. The molecule has 1 aromatic rings. The first-order chi connectivity index (χ1) is 13.1. The van der Waals surface area contributed by atoms with Crippen LogP contribution in [-0.4, -0.2) is 81.1 Å². The summed E-state index contributed by atoms with van der Waals surface area (Å²) < 4.78 is 5.28. The summed E-state index contributed by atoms with van der Waals surface area (Å²) in [4.78, 5) is 31.4. The number of ether oxygens (including phenoxy) is 1. The molecule has 2 aliphatic heterocycles. The van der Waals surface area contributed by atoms with Crippen LogP contribution in [0.1, 0.15) is 6.42 Å². The van der Waals surface area contributed by atoms with E-state index in [1.54, 1.807) is 0 Å². The van der Waals surface area contributed by atoms with Gasteiger partial charge >= 0.3 is 0 Å². The van der Waals surface area contributed by atoms with Crippen LogP contribution in [0.2, 0.25) is 0 Å². The Bertz CT molecular complexity index is 679. The van der Waals surface area contributed by atoms with Gasteiger partial charge in [-0.2, -0.15) is 0 Å². The molecule has 2 unspecified atom stereocenters. The molecule has 2 saturated heterocycles. The van der Waals surface area contributed by atoms with Crippen LogP contribution in [-0.2, 0) is 14.3 Å². The summed E-state index contributed by atoms with van der Waals surface area (Å²) in [5.41, 5.74) is 1.98. The van der Waals surface area contributed by atoms with Crippen LogP contribution in [0.15, 0.2) is 24.3 Å². The summed E-state index contributed by atoms with van der Waals surface area (Å²) in [6, 6.07) is 8.02. The molecule has 0 aromatic heterocycles. The van der Waals surface area contributed by atoms with Gasteiger partial charge in [-0.05, 0) is 37.7 Å². The number of benzene rings is 1. The van der Waals surface area contributed by atoms with Crippen LogP contribution in [0.3, 0.4) is 0 Å². The molecule has 3 fully saturated rings. The van der Waals surface area contributed by atoms with Crippen LogP contribution in [0.5, 0.6) is 0 Å². The van der Waals surface area contributed by atoms with Crippen molar-refractivity contribution >= 4 is 23.2 Å². The summed E-state index contributed by atoms with van der Waals surface area (Å²) in [6.07, 6.45) is 0.654. The Morgan fingerprint density at radius 3 is 2.30 bits per heavy atom. The van der Waals surface area contributed by atoms with E-state index in [1.807, 2.05) is 17.0 Å². The number of likely N-dealkylation sites (N-methyl/N-ethyl adjacent to an activating group) is 1. The highest BCUT2D eigenvalue weighted by Crippen LogP contribution is 2.41. The molecular formula is C20H28N4O3. The van der Waals surface area contributed by atoms with Gasteiger partial charge in [0.1, 0.15) is 0 Å². The number of nitrogens with zero attached hydrogens (tertiary/aromatic N) is 3. The van der Waals surface area contributed by atoms with Crippen molar-refractivity contribution in [3.8, 4) is 0 Å². The zero-order chi connectivity index (χ0) is 18.8. The van der Waals surface area contributed by atoms with Crippen LogP contribution in [0.4, 0.5) is 11.4 Å². The van der Waals surface area contributed by atoms with Gasteiger partial charge in [0, 0.05) is 50.6 Å². The Morgan fingerprint density at radius 1 is 0.963 bits per heavy atom. The zero-order valence-electron chi connectivity index (χ0n) is 15.9. The molecule has 4 rings (SSSR count). The van der Waals surface area contributed by atoms with Gasteiger partial charge in [0.2, 0.25) is 11.8 Å². The summed E-state index contributed by atoms with van der Waals surface area (Å²) in [7, 11) is 2.14. The first kappa shape index (κ1) is 18.3. The second-order valence-corrected chi connectivity index (χ2v) is 7.71. The van der Waals surface area contributed by atoms with Crippen LogP contribution in [0, 0.1) is 11.8 Å². The fourth-order valence-corrected chi connectivity index (χ4v) is 3.83. The Kier molecular flexibility index (Phi) is 5.31. The number of amides is 2. The number of nitrogens with one attached hydrogen (secondary N) is 1. The Balaban J connectivity index is 1.28. The average molecular weight is 372 g/mol. The third kappa shape index (κ3) is 4.25. The maximum atomic E-state index is 12.5. The molecule has 1 saturated carbocycles. The average Bonchev–Trinajstić information content (AvgIpc) is 3.50. The highest BCUT2D eigenvalue weighted by Gasteiger charge is 2.49. The molecule has 0 radical (unpaired) electrons. The van der Waals surface area contributed by atoms with Gasteiger partial charge < -0.3 is 24.8 Å². The molecule has 2 heterocycles. The van der Waals surface area contributed by atoms with Crippen LogP contribution >= 0.6 is 0 Å². The minimum atomic E-state index is -0.197. The molecule has 0 bridgehead atoms. The van der Waals surface area contributed by atoms with E-state index >= 15 is 0 Å². The first-order valence-electron chi connectivity index (χ1n) is 9.83. The van der Waals surface area contributed by atoms with Crippen molar-refractivity contribution in [2.24, 2.45) is 11.8 Å². The highest BCUT2D eigenvalue weighted by molar-refractivity contribution is 5.99. The fourth-order valence-electron chi connectivity index (χ4n) is 3.83. The number of carbonyl (C=O) groups excluding carboxylic acids is 2. The predicted molar refractivity (Wildman–Crippen MR) is 104 cm³/mol. The van der Waals surface area contributed by atoms with Gasteiger partial charge in [-0.25, -0.2) is 0 Å². The number of hydrogen-bond acceptors (Lipinski definition) is 5. The van der Waals surface area contributed by atoms with E-state index in [0.29, 0.717) is 32.7 Å². The quantitative estimate of drug-likeness (QED) is 0.850. The lowest BCUT2D eigenvalue weighted by Gasteiger charge is -2.34. The van der Waals surface area contributed by atoms with Crippen molar-refractivity contribution in [1.82, 2.24) is 9.80 Å². The fraction of sp³-hybridized carbons (Fsp3) is 0.600. The van der Waals surface area contributed by atoms with E-state index < -0.39 is 0 Å². The van der Waals surface area contributed by atoms with E-state index in [0.717, 1.165) is 31.9 Å². The third-order valence-corrected chi connectivity index (χ3v) is 5.77. The summed E-state index contributed by atoms with van der Waals surface area (Å²) in [6.45, 7) is 6.64. The molecule has 1 aliphatic carbocycles. The molecule has 2 atom stereocenters. The topological polar surface area (TPSA) is 65.1 Å². The smallest absolute Gasteiger partial charge is 0.228 e. The third-order valence-electron chi connectivity index (χ3n) is 5.77. The number of carbonyl (C=O) groups is 2. The molecule has 146 valence electrons. The van der Waals surface area contributed by atoms with E-state index in [4.69, 9.17) is 4.74 Å². The minimum Gasteiger partial charge on any atom is -0.378 e. The lowest BCUT2D eigenvalue weighted by molar-refractivity contribution is -0.137. The van der Waals surface area contributed by atoms with Crippen molar-refractivity contribution in [3.05, 3.63) is 24.3 Å². The summed E-state index contributed by atoms with van der Waals surface area (Å²) >= 11 is 0. The van der Waals surface area contributed by atoms with Crippen molar-refractivity contribution in [1.29, 1.82) is 0 Å². The Hall–Kier alpha value is -2.12. The largest absolute Gasteiger partial charge is 0.378 e. The number of morpholine rings is 1. The molecule has 0 spiro atoms. The van der Waals surface area contributed by atoms with Crippen LogP contribution < -0.4 is 10.2 Å². The number of piperazine rings is 1. The van der Waals surface area contributed by atoms with Gasteiger partial charge in [0.15, 0.2) is 0 Å². The SMILES string of the molecule is CN1CCN(c2ccc(NC(=O)C3CC3C(=O)N3CCOCC3)cc2)CC1. The van der Waals surface area contributed by atoms with Gasteiger partial charge in [0.25, 0.3) is 0 Å². The van der Waals surface area contributed by atoms with E-state index in [1.165, 1.54) is 5.69 Å². The minimum absolute atomic E-state index is 0.0473. The lowest BCUT2D eigenvalue weighted by atomic mass is 10.2. The van der Waals surface area contributed by atoms with Crippen molar-refractivity contribution < 1.29 is 14.3 Å². The first-order valence-corrected chi connectivity index (χ1v) is 9.83. The molecule has 2 amide bonds. The van der Waals surface area contributed by atoms with Gasteiger partial charge in [-0.15, -0.1) is 0 Å². The lowest BCUT2D eigenvalue weighted by Crippen LogP contribution is -2.44. The van der Waals surface area contributed by atoms with Gasteiger partial charge in [0.05, 0.1) is 25.0 Å². The van der Waals surface area contributed by atoms with E-state index in [9.17, 15) is 9.59 Å². The monoisotopic (exact) mass is 372 g/mol. The molecular weight excluding hydrogens is 344 g/mol. The Labute approximate surface area is 160 Å². The second kappa shape index (κ2) is 7.86. The van der Waals surface area contributed by atoms with Gasteiger partial charge in [-0.1, -0.05) is 0 Å². The molecule has 1 aromatic carbocycles. The van der Waals surface area contributed by atoms with E-state index in [-0.39, 0.29) is 23.7 Å². The number of rotatable bonds is 4. The molecule has 1 N–H and O–H groups in total. The molecule has 3 aliphatic rings. The van der Waals surface area contributed by atoms with Crippen molar-refractivity contribution in [2.45, 2.75) is 6.42 Å². The molecule has 7 heteroatoms. The second-order valence-electron chi connectivity index (χ2n) is 7.71. The maximum absolute atomic E-state index is 12.5. The standard InChI is InChI=1S/C20H28N4O3/c1-22-6-8-23(9-7-22)16-4-2-15(3-5-16)21-19(25)17-14-18(17)20(26)24-10-12-27-13-11-24/h2-5,17-18H,6-14H2,1H3,(H,21,25). The highest BCUT2D eigenvalue weighted by atomic mass is 16.5. The maximum Gasteiger partial charge on any atom is 0.228 e. The van der Waals surface area contributed by atoms with Crippen LogP contribution in [0.25, 0.3) is 0 Å². The van der Waals surface area contributed by atoms with Crippen molar-refractivity contribution in [2.75, 3.05) is 69.7 Å². The number of anilines is 2. The summed E-state index contributed by atoms with van der Waals surface area (Å²) in [5.74, 6) is -0.303. The molecule has 27 heavy (non-hydrogen) atoms. The zero-order valence-corrected chi connectivity index (χ0v) is 15.9. The Morgan fingerprint density at radius 2 is 1.63 bits per heavy atom. The normalized spacial score (nSPS) is 26.0. The van der Waals surface area contributed by atoms with Gasteiger partial charge in [-0.3, -0.25) is 9.59 Å².